The van der Waals surface area contributed by atoms with Crippen LogP contribution < -0.4 is 0 Å². The van der Waals surface area contributed by atoms with Gasteiger partial charge in [0.15, 0.2) is 0 Å². The van der Waals surface area contributed by atoms with Gasteiger partial charge < -0.3 is 9.64 Å². The van der Waals surface area contributed by atoms with Gasteiger partial charge in [-0.2, -0.15) is 5.10 Å². The monoisotopic (exact) mass is 319 g/mol. The average molecular weight is 320 g/mol. The Morgan fingerprint density at radius 1 is 1.41 bits per heavy atom. The molecule has 1 aliphatic rings. The Morgan fingerprint density at radius 3 is 3.00 bits per heavy atom. The minimum Gasteiger partial charge on any atom is -0.375 e. The Bertz CT molecular complexity index is 686. The number of aromatic amines is 1. The van der Waals surface area contributed by atoms with Crippen molar-refractivity contribution >= 4 is 17.5 Å². The first-order valence-corrected chi connectivity index (χ1v) is 7.66. The van der Waals surface area contributed by atoms with Gasteiger partial charge in [-0.15, -0.1) is 0 Å². The molecule has 6 heteroatoms. The van der Waals surface area contributed by atoms with Gasteiger partial charge in [0.25, 0.3) is 5.91 Å². The van der Waals surface area contributed by atoms with Crippen LogP contribution in [0.25, 0.3) is 11.3 Å². The molecule has 22 heavy (non-hydrogen) atoms. The number of amides is 1. The van der Waals surface area contributed by atoms with Gasteiger partial charge in [-0.05, 0) is 32.0 Å². The zero-order chi connectivity index (χ0) is 15.7. The lowest BCUT2D eigenvalue weighted by atomic mass is 10.1. The van der Waals surface area contributed by atoms with Crippen LogP contribution in [-0.2, 0) is 4.74 Å². The van der Waals surface area contributed by atoms with Crippen LogP contribution in [0, 0.1) is 0 Å². The van der Waals surface area contributed by atoms with E-state index in [1.165, 1.54) is 0 Å². The molecular formula is C16H18ClN3O2. The number of ether oxygens (including phenoxy) is 1. The minimum atomic E-state index is -0.0524. The molecule has 0 radical (unpaired) electrons. The molecular weight excluding hydrogens is 302 g/mol. The molecule has 116 valence electrons. The van der Waals surface area contributed by atoms with Gasteiger partial charge >= 0.3 is 0 Å². The number of morpholine rings is 1. The number of nitrogens with zero attached hydrogens (tertiary/aromatic N) is 2. The lowest BCUT2D eigenvalue weighted by Crippen LogP contribution is -2.50. The number of halogens is 1. The van der Waals surface area contributed by atoms with Crippen molar-refractivity contribution in [3.05, 3.63) is 41.0 Å². The molecule has 0 aliphatic carbocycles. The molecule has 0 spiro atoms. The normalized spacial score (nSPS) is 21.9. The number of carbonyl (C=O) groups is 1. The molecule has 1 aromatic heterocycles. The summed E-state index contributed by atoms with van der Waals surface area (Å²) in [6.07, 6.45) is 0.0514. The van der Waals surface area contributed by atoms with Crippen molar-refractivity contribution in [2.75, 3.05) is 13.2 Å². The quantitative estimate of drug-likeness (QED) is 0.925. The fraction of sp³-hybridized carbons (Fsp3) is 0.375. The van der Waals surface area contributed by atoms with Crippen LogP contribution in [0.15, 0.2) is 30.3 Å². The SMILES string of the molecule is C[C@H]1CN(C(=O)c2cc(-c3cccc(Cl)c3)n[nH]2)[C@@H](C)CO1. The van der Waals surface area contributed by atoms with Gasteiger partial charge in [-0.25, -0.2) is 0 Å². The summed E-state index contributed by atoms with van der Waals surface area (Å²) >= 11 is 5.99. The van der Waals surface area contributed by atoms with Crippen molar-refractivity contribution in [2.45, 2.75) is 26.0 Å². The molecule has 0 saturated carbocycles. The summed E-state index contributed by atoms with van der Waals surface area (Å²) in [4.78, 5) is 14.5. The number of nitrogens with one attached hydrogen (secondary N) is 1. The predicted octanol–water partition coefficient (Wildman–Crippen LogP) is 2.98. The molecule has 2 aromatic rings. The van der Waals surface area contributed by atoms with Crippen molar-refractivity contribution in [1.29, 1.82) is 0 Å². The van der Waals surface area contributed by atoms with E-state index in [9.17, 15) is 4.79 Å². The third-order valence-electron chi connectivity index (χ3n) is 3.80. The lowest BCUT2D eigenvalue weighted by molar-refractivity contribution is -0.0389. The van der Waals surface area contributed by atoms with E-state index >= 15 is 0 Å². The predicted molar refractivity (Wildman–Crippen MR) is 84.9 cm³/mol. The summed E-state index contributed by atoms with van der Waals surface area (Å²) in [7, 11) is 0. The number of rotatable bonds is 2. The summed E-state index contributed by atoms with van der Waals surface area (Å²) in [6.45, 7) is 5.10. The van der Waals surface area contributed by atoms with Crippen molar-refractivity contribution in [3.63, 3.8) is 0 Å². The maximum atomic E-state index is 12.6. The van der Waals surface area contributed by atoms with Gasteiger partial charge in [-0.1, -0.05) is 23.7 Å². The molecule has 0 unspecified atom stereocenters. The molecule has 1 aromatic carbocycles. The standard InChI is InChI=1S/C16H18ClN3O2/c1-10-9-22-11(2)8-20(10)16(21)15-7-14(18-19-15)12-4-3-5-13(17)6-12/h3-7,10-11H,8-9H2,1-2H3,(H,18,19)/t10-,11-/m0/s1. The second kappa shape index (κ2) is 6.10. The molecule has 5 nitrogen and oxygen atoms in total. The fourth-order valence-electron chi connectivity index (χ4n) is 2.57. The lowest BCUT2D eigenvalue weighted by Gasteiger charge is -2.36. The van der Waals surface area contributed by atoms with Crippen LogP contribution in [0.4, 0.5) is 0 Å². The molecule has 0 bridgehead atoms. The second-order valence-corrected chi connectivity index (χ2v) is 6.06. The zero-order valence-corrected chi connectivity index (χ0v) is 13.3. The van der Waals surface area contributed by atoms with E-state index in [1.54, 1.807) is 12.1 Å². The number of hydrogen-bond donors (Lipinski definition) is 1. The van der Waals surface area contributed by atoms with Gasteiger partial charge in [0, 0.05) is 17.1 Å². The number of benzene rings is 1. The van der Waals surface area contributed by atoms with E-state index in [-0.39, 0.29) is 18.1 Å². The first-order chi connectivity index (χ1) is 10.5. The first-order valence-electron chi connectivity index (χ1n) is 7.28. The second-order valence-electron chi connectivity index (χ2n) is 5.63. The Hall–Kier alpha value is -1.85. The van der Waals surface area contributed by atoms with Crippen LogP contribution >= 0.6 is 11.6 Å². The summed E-state index contributed by atoms with van der Waals surface area (Å²) in [5.74, 6) is -0.0524. The van der Waals surface area contributed by atoms with Crippen LogP contribution in [0.1, 0.15) is 24.3 Å². The third-order valence-corrected chi connectivity index (χ3v) is 4.03. The van der Waals surface area contributed by atoms with E-state index in [0.717, 1.165) is 5.56 Å². The van der Waals surface area contributed by atoms with E-state index in [0.29, 0.717) is 29.6 Å². The topological polar surface area (TPSA) is 58.2 Å². The maximum absolute atomic E-state index is 12.6. The summed E-state index contributed by atoms with van der Waals surface area (Å²) in [5.41, 5.74) is 2.07. The highest BCUT2D eigenvalue weighted by Gasteiger charge is 2.29. The Labute approximate surface area is 134 Å². The first kappa shape index (κ1) is 15.1. The number of aromatic nitrogens is 2. The third kappa shape index (κ3) is 3.00. The Balaban J connectivity index is 1.82. The van der Waals surface area contributed by atoms with Gasteiger partial charge in [0.2, 0.25) is 0 Å². The number of hydrogen-bond acceptors (Lipinski definition) is 3. The van der Waals surface area contributed by atoms with Crippen molar-refractivity contribution in [1.82, 2.24) is 15.1 Å². The van der Waals surface area contributed by atoms with E-state index in [2.05, 4.69) is 10.2 Å². The molecule has 3 rings (SSSR count). The number of carbonyl (C=O) groups excluding carboxylic acids is 1. The molecule has 1 fully saturated rings. The summed E-state index contributed by atoms with van der Waals surface area (Å²) < 4.78 is 5.56. The minimum absolute atomic E-state index is 0.0514. The van der Waals surface area contributed by atoms with Crippen LogP contribution in [0.5, 0.6) is 0 Å². The van der Waals surface area contributed by atoms with Crippen molar-refractivity contribution in [2.24, 2.45) is 0 Å². The van der Waals surface area contributed by atoms with Crippen molar-refractivity contribution < 1.29 is 9.53 Å². The average Bonchev–Trinajstić information content (AvgIpc) is 2.99. The highest BCUT2D eigenvalue weighted by molar-refractivity contribution is 6.30. The van der Waals surface area contributed by atoms with Crippen LogP contribution in [0.3, 0.4) is 0 Å². The van der Waals surface area contributed by atoms with Gasteiger partial charge in [-0.3, -0.25) is 9.89 Å². The number of H-pyrrole nitrogens is 1. The van der Waals surface area contributed by atoms with Crippen molar-refractivity contribution in [3.8, 4) is 11.3 Å². The molecule has 1 saturated heterocycles. The highest BCUT2D eigenvalue weighted by atomic mass is 35.5. The van der Waals surface area contributed by atoms with Crippen LogP contribution in [-0.4, -0.2) is 46.3 Å². The maximum Gasteiger partial charge on any atom is 0.272 e. The molecule has 2 atom stereocenters. The summed E-state index contributed by atoms with van der Waals surface area (Å²) in [6, 6.07) is 9.23. The largest absolute Gasteiger partial charge is 0.375 e. The fourth-order valence-corrected chi connectivity index (χ4v) is 2.76. The van der Waals surface area contributed by atoms with E-state index in [1.807, 2.05) is 36.9 Å². The summed E-state index contributed by atoms with van der Waals surface area (Å²) in [5, 5.41) is 7.70. The van der Waals surface area contributed by atoms with Crippen LogP contribution in [0.2, 0.25) is 5.02 Å². The van der Waals surface area contributed by atoms with Gasteiger partial charge in [0.1, 0.15) is 5.69 Å². The molecule has 1 N–H and O–H groups in total. The molecule has 1 aliphatic heterocycles. The Morgan fingerprint density at radius 2 is 2.23 bits per heavy atom. The smallest absolute Gasteiger partial charge is 0.272 e. The highest BCUT2D eigenvalue weighted by Crippen LogP contribution is 2.22. The molecule has 1 amide bonds. The van der Waals surface area contributed by atoms with Gasteiger partial charge in [0.05, 0.1) is 24.4 Å². The zero-order valence-electron chi connectivity index (χ0n) is 12.5. The Kier molecular flexibility index (Phi) is 4.18. The van der Waals surface area contributed by atoms with E-state index in [4.69, 9.17) is 16.3 Å². The van der Waals surface area contributed by atoms with E-state index < -0.39 is 0 Å². The molecule has 2 heterocycles.